The highest BCUT2D eigenvalue weighted by molar-refractivity contribution is 6.05. The third-order valence-corrected chi connectivity index (χ3v) is 5.07. The second kappa shape index (κ2) is 6.96. The lowest BCUT2D eigenvalue weighted by molar-refractivity contribution is 0.102. The number of hydrogen-bond acceptors (Lipinski definition) is 3. The minimum Gasteiger partial charge on any atom is -0.397 e. The molecule has 0 bridgehead atoms. The fourth-order valence-corrected chi connectivity index (χ4v) is 3.37. The number of likely N-dealkylation sites (tertiary alicyclic amines) is 1. The number of carbonyl (C=O) groups excluding carboxylic acids is 1. The summed E-state index contributed by atoms with van der Waals surface area (Å²) in [5.41, 5.74) is 11.5. The number of nitrogen functional groups attached to an aromatic ring is 1. The van der Waals surface area contributed by atoms with Crippen LogP contribution in [0.5, 0.6) is 0 Å². The van der Waals surface area contributed by atoms with Crippen molar-refractivity contribution in [2.24, 2.45) is 5.92 Å². The molecule has 2 aliphatic rings. The maximum atomic E-state index is 12.4. The van der Waals surface area contributed by atoms with Crippen molar-refractivity contribution < 1.29 is 4.79 Å². The highest BCUT2D eigenvalue weighted by atomic mass is 16.1. The van der Waals surface area contributed by atoms with E-state index in [1.807, 2.05) is 49.4 Å². The summed E-state index contributed by atoms with van der Waals surface area (Å²) in [7, 11) is 0. The summed E-state index contributed by atoms with van der Waals surface area (Å²) in [6.45, 7) is 5.41. The molecule has 1 saturated heterocycles. The van der Waals surface area contributed by atoms with Crippen molar-refractivity contribution >= 4 is 23.4 Å². The monoisotopic (exact) mass is 347 g/mol. The first-order chi connectivity index (χ1) is 12.6. The van der Waals surface area contributed by atoms with Gasteiger partial charge in [-0.25, -0.2) is 0 Å². The van der Waals surface area contributed by atoms with Gasteiger partial charge < -0.3 is 11.1 Å². The molecule has 4 nitrogen and oxygen atoms in total. The fourth-order valence-electron chi connectivity index (χ4n) is 3.37. The Balaban J connectivity index is 1.35. The molecule has 26 heavy (non-hydrogen) atoms. The molecule has 0 unspecified atom stereocenters. The summed E-state index contributed by atoms with van der Waals surface area (Å²) in [5.74, 6) is 0.816. The van der Waals surface area contributed by atoms with Crippen LogP contribution in [0.1, 0.15) is 34.3 Å². The average Bonchev–Trinajstić information content (AvgIpc) is 3.40. The lowest BCUT2D eigenvalue weighted by Gasteiger charge is -2.34. The largest absolute Gasteiger partial charge is 0.397 e. The van der Waals surface area contributed by atoms with Crippen molar-refractivity contribution in [2.45, 2.75) is 19.8 Å². The van der Waals surface area contributed by atoms with Crippen LogP contribution in [-0.4, -0.2) is 30.4 Å². The summed E-state index contributed by atoms with van der Waals surface area (Å²) >= 11 is 0. The van der Waals surface area contributed by atoms with E-state index in [0.29, 0.717) is 16.9 Å². The Kier molecular flexibility index (Phi) is 4.51. The van der Waals surface area contributed by atoms with Gasteiger partial charge in [-0.2, -0.15) is 0 Å². The highest BCUT2D eigenvalue weighted by Crippen LogP contribution is 2.32. The average molecular weight is 347 g/mol. The molecule has 2 aromatic carbocycles. The standard InChI is InChI=1S/C22H25N3O/c1-15-2-9-21(20(23)10-15)24-22(26)19-7-5-16(6-8-19)11-18-13-25(14-18)12-17-3-4-17/h2,5-11,17H,3-4,12-14,23H2,1H3,(H,24,26). The molecular formula is C22H25N3O. The molecule has 0 atom stereocenters. The zero-order valence-electron chi connectivity index (χ0n) is 15.2. The van der Waals surface area contributed by atoms with Crippen LogP contribution in [0.25, 0.3) is 6.08 Å². The molecular weight excluding hydrogens is 322 g/mol. The van der Waals surface area contributed by atoms with Crippen molar-refractivity contribution in [1.29, 1.82) is 0 Å². The molecule has 0 spiro atoms. The van der Waals surface area contributed by atoms with Gasteiger partial charge in [0.2, 0.25) is 0 Å². The van der Waals surface area contributed by atoms with Gasteiger partial charge in [0.05, 0.1) is 11.4 Å². The van der Waals surface area contributed by atoms with Crippen LogP contribution in [0.4, 0.5) is 11.4 Å². The fraction of sp³-hybridized carbons (Fsp3) is 0.318. The van der Waals surface area contributed by atoms with Gasteiger partial charge in [0.1, 0.15) is 0 Å². The molecule has 2 fully saturated rings. The molecule has 4 heteroatoms. The van der Waals surface area contributed by atoms with E-state index >= 15 is 0 Å². The molecule has 134 valence electrons. The van der Waals surface area contributed by atoms with Crippen molar-refractivity contribution in [3.63, 3.8) is 0 Å². The molecule has 0 aromatic heterocycles. The maximum Gasteiger partial charge on any atom is 0.255 e. The quantitative estimate of drug-likeness (QED) is 0.806. The second-order valence-electron chi connectivity index (χ2n) is 7.58. The van der Waals surface area contributed by atoms with Gasteiger partial charge in [-0.1, -0.05) is 24.3 Å². The SMILES string of the molecule is Cc1ccc(NC(=O)c2ccc(C=C3CN(CC4CC4)C3)cc2)c(N)c1. The van der Waals surface area contributed by atoms with Crippen molar-refractivity contribution in [1.82, 2.24) is 4.90 Å². The Morgan fingerprint density at radius 3 is 2.58 bits per heavy atom. The first-order valence-corrected chi connectivity index (χ1v) is 9.26. The number of aryl methyl sites for hydroxylation is 1. The van der Waals surface area contributed by atoms with Crippen molar-refractivity contribution in [2.75, 3.05) is 30.7 Å². The zero-order chi connectivity index (χ0) is 18.1. The number of nitrogens with one attached hydrogen (secondary N) is 1. The summed E-state index contributed by atoms with van der Waals surface area (Å²) < 4.78 is 0. The van der Waals surface area contributed by atoms with Gasteiger partial charge >= 0.3 is 0 Å². The maximum absolute atomic E-state index is 12.4. The van der Waals surface area contributed by atoms with Gasteiger partial charge in [0.25, 0.3) is 5.91 Å². The lowest BCUT2D eigenvalue weighted by atomic mass is 10.0. The van der Waals surface area contributed by atoms with Crippen LogP contribution in [0.2, 0.25) is 0 Å². The van der Waals surface area contributed by atoms with Crippen LogP contribution in [0.15, 0.2) is 48.0 Å². The summed E-state index contributed by atoms with van der Waals surface area (Å²) in [6.07, 6.45) is 5.06. The molecule has 1 aliphatic carbocycles. The molecule has 1 heterocycles. The molecule has 4 rings (SSSR count). The van der Waals surface area contributed by atoms with Crippen LogP contribution in [0.3, 0.4) is 0 Å². The smallest absolute Gasteiger partial charge is 0.255 e. The van der Waals surface area contributed by atoms with E-state index in [0.717, 1.165) is 30.1 Å². The van der Waals surface area contributed by atoms with Gasteiger partial charge in [0, 0.05) is 25.2 Å². The summed E-state index contributed by atoms with van der Waals surface area (Å²) in [4.78, 5) is 14.9. The predicted octanol–water partition coefficient (Wildman–Crippen LogP) is 3.94. The number of nitrogens with zero attached hydrogens (tertiary/aromatic N) is 1. The first kappa shape index (κ1) is 16.9. The molecule has 2 aromatic rings. The Morgan fingerprint density at radius 1 is 1.19 bits per heavy atom. The first-order valence-electron chi connectivity index (χ1n) is 9.26. The van der Waals surface area contributed by atoms with E-state index in [1.54, 1.807) is 0 Å². The van der Waals surface area contributed by atoms with Gasteiger partial charge in [0.15, 0.2) is 0 Å². The number of nitrogens with two attached hydrogens (primary N) is 1. The predicted molar refractivity (Wildman–Crippen MR) is 107 cm³/mol. The molecule has 1 saturated carbocycles. The molecule has 3 N–H and O–H groups in total. The third-order valence-electron chi connectivity index (χ3n) is 5.07. The zero-order valence-corrected chi connectivity index (χ0v) is 15.2. The van der Waals surface area contributed by atoms with Crippen molar-refractivity contribution in [3.05, 3.63) is 64.7 Å². The van der Waals surface area contributed by atoms with Crippen LogP contribution in [-0.2, 0) is 0 Å². The van der Waals surface area contributed by atoms with E-state index in [2.05, 4.69) is 16.3 Å². The Bertz CT molecular complexity index is 842. The molecule has 1 aliphatic heterocycles. The number of amides is 1. The van der Waals surface area contributed by atoms with Gasteiger partial charge in [-0.15, -0.1) is 0 Å². The lowest BCUT2D eigenvalue weighted by Crippen LogP contribution is -2.41. The van der Waals surface area contributed by atoms with Crippen molar-refractivity contribution in [3.8, 4) is 0 Å². The molecule has 0 radical (unpaired) electrons. The van der Waals surface area contributed by atoms with E-state index in [-0.39, 0.29) is 5.91 Å². The summed E-state index contributed by atoms with van der Waals surface area (Å²) in [6, 6.07) is 13.4. The number of rotatable bonds is 5. The Morgan fingerprint density at radius 2 is 1.92 bits per heavy atom. The van der Waals surface area contributed by atoms with Crippen LogP contribution < -0.4 is 11.1 Å². The Hall–Kier alpha value is -2.59. The summed E-state index contributed by atoms with van der Waals surface area (Å²) in [5, 5.41) is 2.88. The second-order valence-corrected chi connectivity index (χ2v) is 7.58. The van der Waals surface area contributed by atoms with Crippen LogP contribution in [0, 0.1) is 12.8 Å². The number of anilines is 2. The number of carbonyl (C=O) groups is 1. The highest BCUT2D eigenvalue weighted by Gasteiger charge is 2.28. The molecule has 1 amide bonds. The Labute approximate surface area is 154 Å². The minimum atomic E-state index is -0.140. The van der Waals surface area contributed by atoms with E-state index in [1.165, 1.54) is 25.0 Å². The topological polar surface area (TPSA) is 58.4 Å². The van der Waals surface area contributed by atoms with Gasteiger partial charge in [-0.05, 0) is 66.6 Å². The minimum absolute atomic E-state index is 0.140. The number of hydrogen-bond donors (Lipinski definition) is 2. The van der Waals surface area contributed by atoms with E-state index < -0.39 is 0 Å². The van der Waals surface area contributed by atoms with E-state index in [9.17, 15) is 4.79 Å². The normalized spacial score (nSPS) is 16.9. The third kappa shape index (κ3) is 3.97. The van der Waals surface area contributed by atoms with Gasteiger partial charge in [-0.3, -0.25) is 9.69 Å². The number of benzene rings is 2. The van der Waals surface area contributed by atoms with Crippen LogP contribution >= 0.6 is 0 Å². The van der Waals surface area contributed by atoms with E-state index in [4.69, 9.17) is 5.73 Å².